The van der Waals surface area contributed by atoms with Gasteiger partial charge in [0, 0.05) is 52.0 Å². The Balaban J connectivity index is 1.85. The lowest BCUT2D eigenvalue weighted by atomic mass is 10.2. The van der Waals surface area contributed by atoms with Crippen LogP contribution in [0.3, 0.4) is 0 Å². The maximum atomic E-state index is 4.52. The van der Waals surface area contributed by atoms with Crippen LogP contribution >= 0.6 is 0 Å². The van der Waals surface area contributed by atoms with E-state index in [-0.39, 0.29) is 0 Å². The predicted octanol–water partition coefficient (Wildman–Crippen LogP) is 0.485. The van der Waals surface area contributed by atoms with Crippen molar-refractivity contribution < 1.29 is 0 Å². The molecule has 1 fully saturated rings. The summed E-state index contributed by atoms with van der Waals surface area (Å²) >= 11 is 0. The molecule has 0 radical (unpaired) electrons. The number of pyridine rings is 1. The zero-order chi connectivity index (χ0) is 14.4. The van der Waals surface area contributed by atoms with Crippen LogP contribution in [-0.2, 0) is 6.54 Å². The highest BCUT2D eigenvalue weighted by Gasteiger charge is 2.17. The first-order chi connectivity index (χ1) is 9.69. The summed E-state index contributed by atoms with van der Waals surface area (Å²) in [4.78, 5) is 11.7. The van der Waals surface area contributed by atoms with Crippen molar-refractivity contribution in [2.24, 2.45) is 0 Å². The minimum atomic E-state index is 0.901. The Bertz CT molecular complexity index is 399. The fraction of sp³-hybridized carbons (Fsp3) is 0.667. The van der Waals surface area contributed by atoms with E-state index in [0.29, 0.717) is 0 Å². The van der Waals surface area contributed by atoms with Gasteiger partial charge in [0.05, 0.1) is 0 Å². The molecule has 20 heavy (non-hydrogen) atoms. The minimum Gasteiger partial charge on any atom is -0.354 e. The molecule has 0 atom stereocenters. The lowest BCUT2D eigenvalue weighted by Crippen LogP contribution is -2.48. The molecule has 0 spiro atoms. The molecule has 0 aromatic carbocycles. The number of likely N-dealkylation sites (N-methyl/N-ethyl adjacent to an activating group) is 1. The molecule has 1 aromatic heterocycles. The molecule has 1 aliphatic rings. The second-order valence-corrected chi connectivity index (χ2v) is 5.68. The zero-order valence-electron chi connectivity index (χ0n) is 13.0. The molecule has 2 heterocycles. The van der Waals surface area contributed by atoms with Crippen molar-refractivity contribution in [1.82, 2.24) is 20.1 Å². The van der Waals surface area contributed by atoms with Crippen LogP contribution in [0.25, 0.3) is 0 Å². The van der Waals surface area contributed by atoms with Crippen molar-refractivity contribution in [3.63, 3.8) is 0 Å². The minimum absolute atomic E-state index is 0.901. The molecule has 1 N–H and O–H groups in total. The van der Waals surface area contributed by atoms with Crippen LogP contribution in [-0.4, -0.2) is 75.2 Å². The van der Waals surface area contributed by atoms with Crippen molar-refractivity contribution in [3.05, 3.63) is 23.9 Å². The Morgan fingerprint density at radius 3 is 2.65 bits per heavy atom. The molecule has 112 valence electrons. The number of anilines is 1. The first-order valence-electron chi connectivity index (χ1n) is 7.40. The number of piperazine rings is 1. The monoisotopic (exact) mass is 277 g/mol. The van der Waals surface area contributed by atoms with E-state index in [0.717, 1.165) is 51.6 Å². The molecule has 0 saturated carbocycles. The van der Waals surface area contributed by atoms with E-state index >= 15 is 0 Å². The van der Waals surface area contributed by atoms with E-state index in [4.69, 9.17) is 0 Å². The lowest BCUT2D eigenvalue weighted by Gasteiger charge is -2.36. The van der Waals surface area contributed by atoms with Crippen LogP contribution in [0.4, 0.5) is 5.82 Å². The summed E-state index contributed by atoms with van der Waals surface area (Å²) in [6.45, 7) is 7.60. The average molecular weight is 277 g/mol. The first kappa shape index (κ1) is 15.2. The second-order valence-electron chi connectivity index (χ2n) is 5.68. The second kappa shape index (κ2) is 7.57. The first-order valence-corrected chi connectivity index (χ1v) is 7.40. The third-order valence-electron chi connectivity index (χ3n) is 3.75. The highest BCUT2D eigenvalue weighted by Crippen LogP contribution is 2.15. The summed E-state index contributed by atoms with van der Waals surface area (Å²) in [6.07, 6.45) is 1.92. The van der Waals surface area contributed by atoms with Gasteiger partial charge in [-0.05, 0) is 38.8 Å². The van der Waals surface area contributed by atoms with Gasteiger partial charge in [0.1, 0.15) is 5.82 Å². The molecule has 1 saturated heterocycles. The standard InChI is InChI=1S/C15H27N5/c1-16-13-14-4-5-17-15(12-14)20-10-8-19(9-11-20)7-6-18(2)3/h4-5,12,16H,6-11,13H2,1-3H3. The van der Waals surface area contributed by atoms with Gasteiger partial charge in [-0.25, -0.2) is 4.98 Å². The number of nitrogens with zero attached hydrogens (tertiary/aromatic N) is 4. The van der Waals surface area contributed by atoms with Gasteiger partial charge in [-0.2, -0.15) is 0 Å². The molecule has 1 aromatic rings. The molecular formula is C15H27N5. The van der Waals surface area contributed by atoms with Crippen LogP contribution in [0, 0.1) is 0 Å². The smallest absolute Gasteiger partial charge is 0.128 e. The third-order valence-corrected chi connectivity index (χ3v) is 3.75. The van der Waals surface area contributed by atoms with Crippen molar-refractivity contribution >= 4 is 5.82 Å². The summed E-state index contributed by atoms with van der Waals surface area (Å²) in [5.74, 6) is 1.12. The topological polar surface area (TPSA) is 34.6 Å². The van der Waals surface area contributed by atoms with Crippen LogP contribution in [0.1, 0.15) is 5.56 Å². The third kappa shape index (κ3) is 4.44. The van der Waals surface area contributed by atoms with Gasteiger partial charge < -0.3 is 15.1 Å². The number of nitrogens with one attached hydrogen (secondary N) is 1. The highest BCUT2D eigenvalue weighted by molar-refractivity contribution is 5.41. The normalized spacial score (nSPS) is 16.9. The Kier molecular flexibility index (Phi) is 5.76. The van der Waals surface area contributed by atoms with Gasteiger partial charge in [0.15, 0.2) is 0 Å². The van der Waals surface area contributed by atoms with Gasteiger partial charge in [0.25, 0.3) is 0 Å². The number of rotatable bonds is 6. The number of hydrogen-bond acceptors (Lipinski definition) is 5. The van der Waals surface area contributed by atoms with Crippen molar-refractivity contribution in [2.75, 3.05) is 65.3 Å². The zero-order valence-corrected chi connectivity index (χ0v) is 13.0. The summed E-state index contributed by atoms with van der Waals surface area (Å²) in [5, 5.41) is 3.19. The quantitative estimate of drug-likeness (QED) is 0.818. The molecule has 1 aliphatic heterocycles. The van der Waals surface area contributed by atoms with Crippen LogP contribution < -0.4 is 10.2 Å². The van der Waals surface area contributed by atoms with Gasteiger partial charge >= 0.3 is 0 Å². The highest BCUT2D eigenvalue weighted by atomic mass is 15.3. The van der Waals surface area contributed by atoms with E-state index < -0.39 is 0 Å². The van der Waals surface area contributed by atoms with Crippen molar-refractivity contribution in [3.8, 4) is 0 Å². The molecule has 0 amide bonds. The average Bonchev–Trinajstić information content (AvgIpc) is 2.46. The fourth-order valence-electron chi connectivity index (χ4n) is 2.49. The summed E-state index contributed by atoms with van der Waals surface area (Å²) in [6, 6.07) is 4.28. The van der Waals surface area contributed by atoms with Gasteiger partial charge in [-0.1, -0.05) is 0 Å². The van der Waals surface area contributed by atoms with E-state index in [1.807, 2.05) is 13.2 Å². The molecular weight excluding hydrogens is 250 g/mol. The van der Waals surface area contributed by atoms with Crippen LogP contribution in [0.15, 0.2) is 18.3 Å². The molecule has 2 rings (SSSR count). The van der Waals surface area contributed by atoms with E-state index in [1.165, 1.54) is 5.56 Å². The number of hydrogen-bond donors (Lipinski definition) is 1. The summed E-state index contributed by atoms with van der Waals surface area (Å²) in [7, 11) is 6.24. The molecule has 0 aliphatic carbocycles. The fourth-order valence-corrected chi connectivity index (χ4v) is 2.49. The van der Waals surface area contributed by atoms with Gasteiger partial charge in [-0.15, -0.1) is 0 Å². The van der Waals surface area contributed by atoms with Crippen LogP contribution in [0.2, 0.25) is 0 Å². The molecule has 5 nitrogen and oxygen atoms in total. The Morgan fingerprint density at radius 1 is 1.25 bits per heavy atom. The Morgan fingerprint density at radius 2 is 2.00 bits per heavy atom. The molecule has 0 bridgehead atoms. The molecule has 5 heteroatoms. The summed E-state index contributed by atoms with van der Waals surface area (Å²) < 4.78 is 0. The largest absolute Gasteiger partial charge is 0.354 e. The Labute approximate surface area is 122 Å². The van der Waals surface area contributed by atoms with E-state index in [1.54, 1.807) is 0 Å². The van der Waals surface area contributed by atoms with Gasteiger partial charge in [0.2, 0.25) is 0 Å². The Hall–Kier alpha value is -1.17. The summed E-state index contributed by atoms with van der Waals surface area (Å²) in [5.41, 5.74) is 1.30. The van der Waals surface area contributed by atoms with E-state index in [9.17, 15) is 0 Å². The maximum absolute atomic E-state index is 4.52. The molecule has 0 unspecified atom stereocenters. The SMILES string of the molecule is CNCc1ccnc(N2CCN(CCN(C)C)CC2)c1. The number of aromatic nitrogens is 1. The van der Waals surface area contributed by atoms with Gasteiger partial charge in [-0.3, -0.25) is 4.90 Å². The maximum Gasteiger partial charge on any atom is 0.128 e. The lowest BCUT2D eigenvalue weighted by molar-refractivity contribution is 0.229. The van der Waals surface area contributed by atoms with Crippen molar-refractivity contribution in [1.29, 1.82) is 0 Å². The predicted molar refractivity (Wildman–Crippen MR) is 84.2 cm³/mol. The van der Waals surface area contributed by atoms with E-state index in [2.05, 4.69) is 51.2 Å². The van der Waals surface area contributed by atoms with Crippen molar-refractivity contribution in [2.45, 2.75) is 6.54 Å². The van der Waals surface area contributed by atoms with Crippen LogP contribution in [0.5, 0.6) is 0 Å².